The molecule has 0 aliphatic rings. The normalized spacial score (nSPS) is 11.7. The summed E-state index contributed by atoms with van der Waals surface area (Å²) in [6, 6.07) is 27.1. The number of rotatable bonds is 8. The van der Waals surface area contributed by atoms with Crippen molar-refractivity contribution in [2.45, 2.75) is 25.3 Å². The summed E-state index contributed by atoms with van der Waals surface area (Å²) >= 11 is 12.0. The third kappa shape index (κ3) is 6.42. The minimum Gasteiger partial charge on any atom is -0.267 e. The highest BCUT2D eigenvalue weighted by molar-refractivity contribution is 7.92. The van der Waals surface area contributed by atoms with E-state index in [0.29, 0.717) is 21.3 Å². The van der Waals surface area contributed by atoms with Crippen molar-refractivity contribution in [3.8, 4) is 0 Å². The lowest BCUT2D eigenvalue weighted by Gasteiger charge is -2.26. The minimum atomic E-state index is -4.04. The number of benzene rings is 4. The summed E-state index contributed by atoms with van der Waals surface area (Å²) in [5, 5.41) is 5.35. The average molecular weight is 567 g/mol. The van der Waals surface area contributed by atoms with E-state index in [-0.39, 0.29) is 22.7 Å². The summed E-state index contributed by atoms with van der Waals surface area (Å²) < 4.78 is 29.0. The van der Waals surface area contributed by atoms with Gasteiger partial charge in [-0.2, -0.15) is 5.10 Å². The van der Waals surface area contributed by atoms with Gasteiger partial charge in [0.1, 0.15) is 0 Å². The van der Waals surface area contributed by atoms with Crippen LogP contribution in [0.2, 0.25) is 10.0 Å². The Balaban J connectivity index is 1.73. The lowest BCUT2D eigenvalue weighted by Crippen LogP contribution is -2.33. The topological polar surface area (TPSA) is 78.8 Å². The quantitative estimate of drug-likeness (QED) is 0.187. The molecule has 0 heterocycles. The molecule has 0 saturated carbocycles. The summed E-state index contributed by atoms with van der Waals surface area (Å²) in [5.74, 6) is -0.547. The zero-order chi connectivity index (χ0) is 27.3. The van der Waals surface area contributed by atoms with Gasteiger partial charge in [0, 0.05) is 10.0 Å². The van der Waals surface area contributed by atoms with E-state index in [4.69, 9.17) is 23.2 Å². The van der Waals surface area contributed by atoms with Crippen LogP contribution in [-0.2, 0) is 16.6 Å². The lowest BCUT2D eigenvalue weighted by atomic mass is 10.1. The number of nitrogens with zero attached hydrogens (tertiary/aromatic N) is 2. The van der Waals surface area contributed by atoms with Gasteiger partial charge in [0.15, 0.2) is 0 Å². The van der Waals surface area contributed by atoms with Crippen molar-refractivity contribution < 1.29 is 13.2 Å². The van der Waals surface area contributed by atoms with Crippen LogP contribution in [0.5, 0.6) is 0 Å². The smallest absolute Gasteiger partial charge is 0.267 e. The van der Waals surface area contributed by atoms with Gasteiger partial charge in [-0.25, -0.2) is 13.8 Å². The lowest BCUT2D eigenvalue weighted by molar-refractivity contribution is 0.0955. The highest BCUT2D eigenvalue weighted by Crippen LogP contribution is 2.30. The van der Waals surface area contributed by atoms with E-state index >= 15 is 0 Å². The Bertz CT molecular complexity index is 1570. The van der Waals surface area contributed by atoms with Crippen LogP contribution >= 0.6 is 23.2 Å². The molecule has 0 radical (unpaired) electrons. The van der Waals surface area contributed by atoms with Crippen LogP contribution < -0.4 is 9.73 Å². The molecule has 4 aromatic carbocycles. The zero-order valence-electron chi connectivity index (χ0n) is 20.7. The number of amides is 1. The molecule has 9 heteroatoms. The van der Waals surface area contributed by atoms with Crippen LogP contribution in [0.25, 0.3) is 0 Å². The van der Waals surface area contributed by atoms with Gasteiger partial charge in [-0.1, -0.05) is 77.3 Å². The molecular weight excluding hydrogens is 541 g/mol. The number of halogens is 2. The van der Waals surface area contributed by atoms with Gasteiger partial charge in [-0.15, -0.1) is 0 Å². The van der Waals surface area contributed by atoms with E-state index in [9.17, 15) is 13.2 Å². The zero-order valence-corrected chi connectivity index (χ0v) is 23.1. The van der Waals surface area contributed by atoms with Crippen molar-refractivity contribution in [1.82, 2.24) is 5.43 Å². The van der Waals surface area contributed by atoms with Crippen LogP contribution in [0.1, 0.15) is 34.0 Å². The molecule has 0 aliphatic carbocycles. The maximum Gasteiger partial charge on any atom is 0.273 e. The largest absolute Gasteiger partial charge is 0.273 e. The van der Waals surface area contributed by atoms with Gasteiger partial charge in [0.25, 0.3) is 15.9 Å². The number of hydrogen-bond donors (Lipinski definition) is 1. The predicted molar refractivity (Wildman–Crippen MR) is 154 cm³/mol. The minimum absolute atomic E-state index is 0.00918. The molecule has 4 rings (SSSR count). The molecule has 0 aromatic heterocycles. The van der Waals surface area contributed by atoms with Crippen LogP contribution in [0.4, 0.5) is 5.69 Å². The van der Waals surface area contributed by atoms with Crippen molar-refractivity contribution in [2.75, 3.05) is 4.31 Å². The number of carbonyl (C=O) groups is 1. The second kappa shape index (κ2) is 11.8. The molecule has 1 N–H and O–H groups in total. The van der Waals surface area contributed by atoms with E-state index in [1.807, 2.05) is 6.92 Å². The van der Waals surface area contributed by atoms with E-state index in [1.54, 1.807) is 104 Å². The van der Waals surface area contributed by atoms with Gasteiger partial charge in [-0.05, 0) is 73.5 Å². The molecular formula is C29H25Cl2N3O3S. The summed E-state index contributed by atoms with van der Waals surface area (Å²) in [4.78, 5) is 13.4. The van der Waals surface area contributed by atoms with Crippen molar-refractivity contribution >= 4 is 50.5 Å². The van der Waals surface area contributed by atoms with Gasteiger partial charge in [-0.3, -0.25) is 9.10 Å². The molecule has 0 aliphatic heterocycles. The Morgan fingerprint density at radius 2 is 1.42 bits per heavy atom. The second-order valence-corrected chi connectivity index (χ2v) is 11.3. The maximum atomic E-state index is 13.9. The number of para-hydroxylation sites is 1. The molecule has 194 valence electrons. The first-order valence-corrected chi connectivity index (χ1v) is 13.9. The van der Waals surface area contributed by atoms with Crippen molar-refractivity contribution in [3.05, 3.63) is 129 Å². The Kier molecular flexibility index (Phi) is 8.52. The fourth-order valence-corrected chi connectivity index (χ4v) is 5.45. The molecule has 0 spiro atoms. The molecule has 1 amide bonds. The Hall–Kier alpha value is -3.65. The first-order valence-electron chi connectivity index (χ1n) is 11.7. The van der Waals surface area contributed by atoms with E-state index < -0.39 is 15.9 Å². The molecule has 0 bridgehead atoms. The standard InChI is InChI=1S/C29H25Cl2N3O3S/c1-20-7-17-26(18-8-20)38(36,37)34(19-22-9-13-24(30)14-10-22)28-6-4-3-5-27(28)29(35)33-32-21(2)23-11-15-25(31)16-12-23/h3-18H,19H2,1-2H3,(H,33,35). The van der Waals surface area contributed by atoms with Gasteiger partial charge in [0.2, 0.25) is 0 Å². The van der Waals surface area contributed by atoms with Crippen molar-refractivity contribution in [3.63, 3.8) is 0 Å². The van der Waals surface area contributed by atoms with Crippen LogP contribution in [0, 0.1) is 6.92 Å². The number of hydrazone groups is 1. The Morgan fingerprint density at radius 1 is 0.842 bits per heavy atom. The number of nitrogens with one attached hydrogen (secondary N) is 1. The molecule has 0 fully saturated rings. The summed E-state index contributed by atoms with van der Waals surface area (Å²) in [5.41, 5.74) is 5.93. The summed E-state index contributed by atoms with van der Waals surface area (Å²) in [7, 11) is -4.04. The van der Waals surface area contributed by atoms with Crippen molar-refractivity contribution in [2.24, 2.45) is 5.10 Å². The maximum absolute atomic E-state index is 13.9. The van der Waals surface area contributed by atoms with Crippen LogP contribution in [0.3, 0.4) is 0 Å². The molecule has 6 nitrogen and oxygen atoms in total. The number of hydrogen-bond acceptors (Lipinski definition) is 4. The number of carbonyl (C=O) groups excluding carboxylic acids is 1. The Labute approximate surface area is 232 Å². The fourth-order valence-electron chi connectivity index (χ4n) is 3.73. The van der Waals surface area contributed by atoms with Crippen molar-refractivity contribution in [1.29, 1.82) is 0 Å². The van der Waals surface area contributed by atoms with Crippen LogP contribution in [0.15, 0.2) is 107 Å². The first kappa shape index (κ1) is 27.4. The van der Waals surface area contributed by atoms with Gasteiger partial charge < -0.3 is 0 Å². The van der Waals surface area contributed by atoms with Gasteiger partial charge >= 0.3 is 0 Å². The molecule has 4 aromatic rings. The highest BCUT2D eigenvalue weighted by Gasteiger charge is 2.28. The van der Waals surface area contributed by atoms with E-state index in [0.717, 1.165) is 11.1 Å². The van der Waals surface area contributed by atoms with Gasteiger partial charge in [0.05, 0.1) is 28.4 Å². The monoisotopic (exact) mass is 565 g/mol. The fraction of sp³-hybridized carbons (Fsp3) is 0.103. The molecule has 0 saturated heterocycles. The number of anilines is 1. The third-order valence-corrected chi connectivity index (χ3v) is 8.13. The van der Waals surface area contributed by atoms with E-state index in [2.05, 4.69) is 10.5 Å². The Morgan fingerprint density at radius 3 is 2.05 bits per heavy atom. The summed E-state index contributed by atoms with van der Waals surface area (Å²) in [6.45, 7) is 3.63. The second-order valence-electron chi connectivity index (χ2n) is 8.61. The first-order chi connectivity index (χ1) is 18.1. The number of aryl methyl sites for hydroxylation is 1. The average Bonchev–Trinajstić information content (AvgIpc) is 2.92. The van der Waals surface area contributed by atoms with Crippen LogP contribution in [-0.4, -0.2) is 20.0 Å². The molecule has 38 heavy (non-hydrogen) atoms. The highest BCUT2D eigenvalue weighted by atomic mass is 35.5. The van der Waals surface area contributed by atoms with E-state index in [1.165, 1.54) is 4.31 Å². The third-order valence-electron chi connectivity index (χ3n) is 5.85. The summed E-state index contributed by atoms with van der Waals surface area (Å²) in [6.07, 6.45) is 0. The molecule has 0 unspecified atom stereocenters. The SMILES string of the molecule is CC(=NNC(=O)c1ccccc1N(Cc1ccc(Cl)cc1)S(=O)(=O)c1ccc(C)cc1)c1ccc(Cl)cc1. The number of sulfonamides is 1. The predicted octanol–water partition coefficient (Wildman–Crippen LogP) is 6.85. The molecule has 0 atom stereocenters.